The van der Waals surface area contributed by atoms with Gasteiger partial charge in [-0.15, -0.1) is 28.9 Å². The first-order chi connectivity index (χ1) is 21.8. The molecule has 0 bridgehead atoms. The fraction of sp³-hybridized carbons (Fsp3) is 0.152. The van der Waals surface area contributed by atoms with Gasteiger partial charge in [0, 0.05) is 11.4 Å². The zero-order chi connectivity index (χ0) is 32.8. The Bertz CT molecular complexity index is 1950. The minimum absolute atomic E-state index is 0.00125. The molecule has 2 aliphatic rings. The number of fused-ring (bicyclic) bond motifs is 2. The molecule has 3 heterocycles. The Hall–Kier alpha value is -5.30. The zero-order valence-electron chi connectivity index (χ0n) is 24.5. The number of aromatic nitrogens is 1. The molecule has 0 radical (unpaired) electrons. The summed E-state index contributed by atoms with van der Waals surface area (Å²) in [4.78, 5) is 16.9. The first kappa shape index (κ1) is 30.7. The van der Waals surface area contributed by atoms with Gasteiger partial charge in [-0.1, -0.05) is 24.3 Å². The fourth-order valence-corrected chi connectivity index (χ4v) is 5.62. The highest BCUT2D eigenvalue weighted by atomic mass is 32.1. The van der Waals surface area contributed by atoms with E-state index in [1.807, 2.05) is 19.1 Å². The molecule has 2 aliphatic heterocycles. The summed E-state index contributed by atoms with van der Waals surface area (Å²) in [5, 5.41) is 2.82. The average Bonchev–Trinajstić information content (AvgIpc) is 3.65. The number of halogens is 4. The average molecular weight is 652 g/mol. The second-order valence-corrected chi connectivity index (χ2v) is 11.3. The van der Waals surface area contributed by atoms with E-state index in [0.29, 0.717) is 21.9 Å². The Labute approximate surface area is 264 Å². The largest absolute Gasteiger partial charge is 0.586 e. The van der Waals surface area contributed by atoms with Crippen LogP contribution in [0.3, 0.4) is 0 Å². The number of amides is 1. The summed E-state index contributed by atoms with van der Waals surface area (Å²) in [7, 11) is 0. The van der Waals surface area contributed by atoms with Crippen LogP contribution in [0.1, 0.15) is 26.5 Å². The molecule has 0 saturated carbocycles. The quantitative estimate of drug-likeness (QED) is 0.148. The predicted octanol–water partition coefficient (Wildman–Crippen LogP) is 8.57. The van der Waals surface area contributed by atoms with Crippen molar-refractivity contribution in [2.24, 2.45) is 0 Å². The number of nitrogens with one attached hydrogen (secondary N) is 1. The van der Waals surface area contributed by atoms with Crippen molar-refractivity contribution in [1.29, 1.82) is 0 Å². The number of thiazole rings is 1. The van der Waals surface area contributed by atoms with Crippen molar-refractivity contribution in [3.05, 3.63) is 100 Å². The molecule has 5 aromatic rings. The van der Waals surface area contributed by atoms with Gasteiger partial charge in [-0.2, -0.15) is 0 Å². The lowest BCUT2D eigenvalue weighted by molar-refractivity contribution is -0.287. The molecule has 13 heteroatoms. The lowest BCUT2D eigenvalue weighted by Crippen LogP contribution is -2.25. The summed E-state index contributed by atoms with van der Waals surface area (Å²) in [6.07, 6.45) is -7.23. The van der Waals surface area contributed by atoms with Gasteiger partial charge in [-0.3, -0.25) is 4.79 Å². The Morgan fingerprint density at radius 1 is 0.717 bits per heavy atom. The van der Waals surface area contributed by atoms with Gasteiger partial charge in [0.1, 0.15) is 4.88 Å². The monoisotopic (exact) mass is 651 g/mol. The predicted molar refractivity (Wildman–Crippen MR) is 165 cm³/mol. The van der Waals surface area contributed by atoms with Gasteiger partial charge < -0.3 is 30.0 Å². The highest BCUT2D eigenvalue weighted by molar-refractivity contribution is 7.12. The van der Waals surface area contributed by atoms with Gasteiger partial charge in [0.05, 0.1) is 11.2 Å². The summed E-state index contributed by atoms with van der Waals surface area (Å²) in [5.74, 6) is -0.0999. The zero-order valence-corrected chi connectivity index (χ0v) is 25.3. The summed E-state index contributed by atoms with van der Waals surface area (Å²) in [5.41, 5.74) is 14.0. The normalized spacial score (nSPS) is 14.8. The molecular formula is C33H25F4N3O5S. The third-order valence-electron chi connectivity index (χ3n) is 7.12. The molecule has 1 aromatic heterocycles. The highest BCUT2D eigenvalue weighted by Gasteiger charge is 2.44. The molecule has 0 atom stereocenters. The number of hydrogen-bond acceptors (Lipinski definition) is 8. The van der Waals surface area contributed by atoms with E-state index < -0.39 is 12.6 Å². The van der Waals surface area contributed by atoms with Crippen LogP contribution >= 0.6 is 11.3 Å². The van der Waals surface area contributed by atoms with Crippen LogP contribution in [-0.4, -0.2) is 23.5 Å². The van der Waals surface area contributed by atoms with Crippen LogP contribution in [0, 0.1) is 20.8 Å². The summed E-state index contributed by atoms with van der Waals surface area (Å²) in [6.45, 7) is 5.41. The molecule has 3 N–H and O–H groups in total. The first-order valence-corrected chi connectivity index (χ1v) is 14.6. The molecule has 1 amide bonds. The molecule has 0 unspecified atom stereocenters. The third-order valence-corrected chi connectivity index (χ3v) is 8.05. The van der Waals surface area contributed by atoms with Gasteiger partial charge >= 0.3 is 12.6 Å². The van der Waals surface area contributed by atoms with E-state index in [4.69, 9.17) is 5.73 Å². The van der Waals surface area contributed by atoms with Crippen molar-refractivity contribution in [3.63, 3.8) is 0 Å². The number of rotatable bonds is 4. The molecular weight excluding hydrogens is 626 g/mol. The molecule has 4 aromatic carbocycles. The van der Waals surface area contributed by atoms with Crippen molar-refractivity contribution in [1.82, 2.24) is 4.98 Å². The summed E-state index contributed by atoms with van der Waals surface area (Å²) < 4.78 is 70.3. The minimum atomic E-state index is -3.64. The summed E-state index contributed by atoms with van der Waals surface area (Å²) >= 11 is 1.28. The van der Waals surface area contributed by atoms with Gasteiger partial charge in [-0.05, 0) is 103 Å². The molecule has 7 rings (SSSR count). The van der Waals surface area contributed by atoms with Crippen molar-refractivity contribution in [2.45, 2.75) is 33.4 Å². The van der Waals surface area contributed by atoms with Crippen LogP contribution in [-0.2, 0) is 0 Å². The number of ether oxygens (including phenoxy) is 4. The number of hydrogen-bond donors (Lipinski definition) is 2. The minimum Gasteiger partial charge on any atom is -0.399 e. The van der Waals surface area contributed by atoms with Crippen LogP contribution in [0.2, 0.25) is 0 Å². The van der Waals surface area contributed by atoms with Gasteiger partial charge in [0.2, 0.25) is 0 Å². The molecule has 0 saturated heterocycles. The van der Waals surface area contributed by atoms with E-state index in [2.05, 4.69) is 29.2 Å². The molecule has 0 fully saturated rings. The maximum Gasteiger partial charge on any atom is 0.586 e. The number of benzene rings is 4. The fourth-order valence-electron chi connectivity index (χ4n) is 4.92. The Morgan fingerprint density at radius 2 is 1.15 bits per heavy atom. The second-order valence-electron chi connectivity index (χ2n) is 10.5. The standard InChI is InChI=1S/C19H14F2N2O3S.C14H11F2NO2/c1-10-7-15-16(26-19(20,21)25-15)8-14(10)12-3-5-13(6-4-12)23-18(24)17-11(2)22-9-27-17;1-8-6-12-13(19-14(15,16)18-12)7-11(8)9-2-4-10(17)5-3-9/h3-9H,1-2H3,(H,23,24);2-7H,17H2,1H3. The van der Waals surface area contributed by atoms with E-state index in [0.717, 1.165) is 33.4 Å². The number of anilines is 2. The number of alkyl halides is 4. The van der Waals surface area contributed by atoms with Crippen molar-refractivity contribution in [3.8, 4) is 45.3 Å². The van der Waals surface area contributed by atoms with Crippen LogP contribution < -0.4 is 30.0 Å². The van der Waals surface area contributed by atoms with Gasteiger partial charge in [0.25, 0.3) is 5.91 Å². The van der Waals surface area contributed by atoms with Crippen LogP contribution in [0.15, 0.2) is 78.3 Å². The van der Waals surface area contributed by atoms with E-state index in [-0.39, 0.29) is 28.9 Å². The maximum atomic E-state index is 13.2. The SMILES string of the molecule is Cc1cc2c(cc1-c1ccc(N)cc1)OC(F)(F)O2.Cc1cc2c(cc1-c1ccc(NC(=O)c3scnc3C)cc1)OC(F)(F)O2. The van der Waals surface area contributed by atoms with E-state index in [9.17, 15) is 22.4 Å². The molecule has 236 valence electrons. The van der Waals surface area contributed by atoms with Gasteiger partial charge in [0.15, 0.2) is 23.0 Å². The van der Waals surface area contributed by atoms with Crippen molar-refractivity contribution < 1.29 is 41.3 Å². The molecule has 8 nitrogen and oxygen atoms in total. The second kappa shape index (κ2) is 11.6. The maximum absolute atomic E-state index is 13.2. The number of nitrogens with zero attached hydrogens (tertiary/aromatic N) is 1. The highest BCUT2D eigenvalue weighted by Crippen LogP contribution is 2.45. The molecule has 0 aliphatic carbocycles. The Balaban J connectivity index is 0.000000172. The Morgan fingerprint density at radius 3 is 1.59 bits per heavy atom. The first-order valence-electron chi connectivity index (χ1n) is 13.8. The number of carbonyl (C=O) groups is 1. The molecule has 0 spiro atoms. The van der Waals surface area contributed by atoms with Crippen LogP contribution in [0.4, 0.5) is 28.9 Å². The smallest absolute Gasteiger partial charge is 0.399 e. The lowest BCUT2D eigenvalue weighted by atomic mass is 9.99. The number of nitrogen functional groups attached to an aromatic ring is 1. The Kier molecular flexibility index (Phi) is 7.72. The van der Waals surface area contributed by atoms with Gasteiger partial charge in [-0.25, -0.2) is 4.98 Å². The van der Waals surface area contributed by atoms with Crippen LogP contribution in [0.25, 0.3) is 22.3 Å². The van der Waals surface area contributed by atoms with Crippen molar-refractivity contribution in [2.75, 3.05) is 11.1 Å². The topological polar surface area (TPSA) is 105 Å². The third kappa shape index (κ3) is 6.40. The summed E-state index contributed by atoms with van der Waals surface area (Å²) in [6, 6.07) is 20.4. The number of carbonyl (C=O) groups excluding carboxylic acids is 1. The number of aryl methyl sites for hydroxylation is 3. The van der Waals surface area contributed by atoms with E-state index in [1.54, 1.807) is 67.9 Å². The van der Waals surface area contributed by atoms with E-state index >= 15 is 0 Å². The van der Waals surface area contributed by atoms with Crippen LogP contribution in [0.5, 0.6) is 23.0 Å². The number of nitrogens with two attached hydrogens (primary N) is 1. The molecule has 46 heavy (non-hydrogen) atoms. The van der Waals surface area contributed by atoms with E-state index in [1.165, 1.54) is 23.5 Å². The lowest BCUT2D eigenvalue weighted by Gasteiger charge is -2.09. The van der Waals surface area contributed by atoms with Crippen molar-refractivity contribution >= 4 is 28.6 Å².